The molecule has 1 aromatic rings. The maximum atomic E-state index is 12.4. The molecule has 1 rings (SSSR count). The lowest BCUT2D eigenvalue weighted by molar-refractivity contribution is -0.134. The van der Waals surface area contributed by atoms with Crippen molar-refractivity contribution in [2.75, 3.05) is 38.5 Å². The van der Waals surface area contributed by atoms with Gasteiger partial charge in [0.2, 0.25) is 0 Å². The fraction of sp³-hybridized carbons (Fsp3) is 0.571. The maximum absolute atomic E-state index is 12.4. The second-order valence-electron chi connectivity index (χ2n) is 6.92. The molecule has 32 heavy (non-hydrogen) atoms. The van der Waals surface area contributed by atoms with Crippen molar-refractivity contribution >= 4 is 28.8 Å². The molecule has 1 atom stereocenters. The number of likely N-dealkylation sites (N-methyl/N-ethyl adjacent to an activating group) is 1. The van der Waals surface area contributed by atoms with Crippen molar-refractivity contribution in [2.24, 2.45) is 0 Å². The molecule has 1 unspecified atom stereocenters. The van der Waals surface area contributed by atoms with Crippen LogP contribution in [-0.2, 0) is 26.1 Å². The van der Waals surface area contributed by atoms with Gasteiger partial charge in [-0.2, -0.15) is 0 Å². The lowest BCUT2D eigenvalue weighted by Crippen LogP contribution is -2.47. The number of hydrogen-bond donors (Lipinski definition) is 3. The SMILES string of the molecule is CCN(CC)CCNC(=O)N(CCS(=O)Cc1ccco1)C(C)C.O=C(O)/C=C\C(=O)O. The summed E-state index contributed by atoms with van der Waals surface area (Å²) in [5, 5.41) is 18.6. The minimum atomic E-state index is -1.26. The zero-order valence-corrected chi connectivity index (χ0v) is 20.0. The fourth-order valence-corrected chi connectivity index (χ4v) is 3.55. The van der Waals surface area contributed by atoms with Crippen molar-refractivity contribution in [3.63, 3.8) is 0 Å². The van der Waals surface area contributed by atoms with Crippen LogP contribution >= 0.6 is 0 Å². The molecule has 0 aliphatic rings. The van der Waals surface area contributed by atoms with Gasteiger partial charge in [-0.3, -0.25) is 4.21 Å². The number of nitrogens with zero attached hydrogens (tertiary/aromatic N) is 2. The summed E-state index contributed by atoms with van der Waals surface area (Å²) in [6.07, 6.45) is 2.70. The third-order valence-electron chi connectivity index (χ3n) is 4.29. The van der Waals surface area contributed by atoms with Gasteiger partial charge in [-0.05, 0) is 39.1 Å². The van der Waals surface area contributed by atoms with Crippen LogP contribution in [0.25, 0.3) is 0 Å². The number of urea groups is 1. The first-order valence-corrected chi connectivity index (χ1v) is 11.9. The first-order valence-electron chi connectivity index (χ1n) is 10.4. The highest BCUT2D eigenvalue weighted by atomic mass is 32.2. The molecule has 11 heteroatoms. The van der Waals surface area contributed by atoms with Crippen LogP contribution in [-0.4, -0.2) is 86.7 Å². The van der Waals surface area contributed by atoms with E-state index in [1.54, 1.807) is 17.2 Å². The van der Waals surface area contributed by atoms with Crippen molar-refractivity contribution in [3.8, 4) is 0 Å². The molecule has 0 spiro atoms. The first kappa shape index (κ1) is 29.3. The largest absolute Gasteiger partial charge is 0.478 e. The van der Waals surface area contributed by atoms with Gasteiger partial charge in [-0.25, -0.2) is 14.4 Å². The molecule has 0 aliphatic heterocycles. The van der Waals surface area contributed by atoms with E-state index in [2.05, 4.69) is 24.1 Å². The molecule has 1 heterocycles. The Labute approximate surface area is 191 Å². The number of furan rings is 1. The predicted molar refractivity (Wildman–Crippen MR) is 123 cm³/mol. The Morgan fingerprint density at radius 1 is 1.12 bits per heavy atom. The summed E-state index contributed by atoms with van der Waals surface area (Å²) in [7, 11) is -1.04. The minimum Gasteiger partial charge on any atom is -0.478 e. The van der Waals surface area contributed by atoms with E-state index in [-0.39, 0.29) is 12.1 Å². The van der Waals surface area contributed by atoms with E-state index < -0.39 is 22.7 Å². The number of nitrogens with one attached hydrogen (secondary N) is 1. The van der Waals surface area contributed by atoms with Gasteiger partial charge in [-0.1, -0.05) is 13.8 Å². The number of aliphatic carboxylic acids is 2. The summed E-state index contributed by atoms with van der Waals surface area (Å²) in [6.45, 7) is 12.1. The minimum absolute atomic E-state index is 0.0686. The molecule has 0 saturated heterocycles. The molecule has 10 nitrogen and oxygen atoms in total. The fourth-order valence-electron chi connectivity index (χ4n) is 2.52. The quantitative estimate of drug-likeness (QED) is 0.370. The standard InChI is InChI=1S/C17H31N3O3S.C4H4O4/c1-5-19(6-2)10-9-18-17(21)20(15(3)4)11-13-24(22)14-16-8-7-12-23-16;5-3(6)1-2-4(7)8/h7-8,12,15H,5-6,9-11,13-14H2,1-4H3,(H,18,21);1-2H,(H,5,6)(H,7,8)/b;2-1-. The van der Waals surface area contributed by atoms with E-state index in [9.17, 15) is 18.6 Å². The third-order valence-corrected chi connectivity index (χ3v) is 5.54. The van der Waals surface area contributed by atoms with Crippen molar-refractivity contribution in [1.82, 2.24) is 15.1 Å². The summed E-state index contributed by atoms with van der Waals surface area (Å²) in [6, 6.07) is 3.58. The zero-order valence-electron chi connectivity index (χ0n) is 19.2. The van der Waals surface area contributed by atoms with Gasteiger partial charge in [0.15, 0.2) is 0 Å². The number of carboxylic acid groups (broad SMARTS) is 2. The van der Waals surface area contributed by atoms with E-state index in [0.717, 1.165) is 19.6 Å². The molecule has 182 valence electrons. The van der Waals surface area contributed by atoms with Gasteiger partial charge in [-0.15, -0.1) is 0 Å². The number of carbonyl (C=O) groups is 3. The van der Waals surface area contributed by atoms with E-state index >= 15 is 0 Å². The van der Waals surface area contributed by atoms with E-state index in [0.29, 0.717) is 42.5 Å². The average Bonchev–Trinajstić information content (AvgIpc) is 3.23. The molecular weight excluding hydrogens is 438 g/mol. The number of hydrogen-bond acceptors (Lipinski definition) is 6. The van der Waals surface area contributed by atoms with Crippen LogP contribution < -0.4 is 5.32 Å². The summed E-state index contributed by atoms with van der Waals surface area (Å²) >= 11 is 0. The first-order chi connectivity index (χ1) is 15.1. The number of carbonyl (C=O) groups excluding carboxylic acids is 1. The van der Waals surface area contributed by atoms with Crippen molar-refractivity contribution < 1.29 is 33.2 Å². The molecule has 0 saturated carbocycles. The van der Waals surface area contributed by atoms with Crippen molar-refractivity contribution in [2.45, 2.75) is 39.5 Å². The highest BCUT2D eigenvalue weighted by Gasteiger charge is 2.18. The topological polar surface area (TPSA) is 140 Å². The third kappa shape index (κ3) is 14.4. The van der Waals surface area contributed by atoms with Crippen LogP contribution in [0, 0.1) is 0 Å². The summed E-state index contributed by atoms with van der Waals surface area (Å²) in [5.74, 6) is -0.960. The predicted octanol–water partition coefficient (Wildman–Crippen LogP) is 2.00. The van der Waals surface area contributed by atoms with Gasteiger partial charge in [0.1, 0.15) is 5.76 Å². The molecule has 3 N–H and O–H groups in total. The molecule has 0 bridgehead atoms. The Morgan fingerprint density at radius 3 is 2.16 bits per heavy atom. The van der Waals surface area contributed by atoms with E-state index in [4.69, 9.17) is 14.6 Å². The Morgan fingerprint density at radius 2 is 1.72 bits per heavy atom. The molecule has 0 fully saturated rings. The second kappa shape index (κ2) is 17.0. The average molecular weight is 474 g/mol. The van der Waals surface area contributed by atoms with Crippen LogP contribution in [0.3, 0.4) is 0 Å². The summed E-state index contributed by atoms with van der Waals surface area (Å²) in [4.78, 5) is 35.5. The van der Waals surface area contributed by atoms with E-state index in [1.807, 2.05) is 19.9 Å². The number of amides is 2. The monoisotopic (exact) mass is 473 g/mol. The molecule has 0 radical (unpaired) electrons. The van der Waals surface area contributed by atoms with Crippen LogP contribution in [0.5, 0.6) is 0 Å². The second-order valence-corrected chi connectivity index (χ2v) is 8.50. The van der Waals surface area contributed by atoms with Gasteiger partial charge >= 0.3 is 18.0 Å². The zero-order chi connectivity index (χ0) is 24.5. The van der Waals surface area contributed by atoms with E-state index in [1.165, 1.54) is 0 Å². The number of carboxylic acids is 2. The Kier molecular flexibility index (Phi) is 15.6. The van der Waals surface area contributed by atoms with Crippen LogP contribution in [0.2, 0.25) is 0 Å². The van der Waals surface area contributed by atoms with Gasteiger partial charge in [0, 0.05) is 54.4 Å². The molecule has 1 aromatic heterocycles. The van der Waals surface area contributed by atoms with Gasteiger partial charge in [0.25, 0.3) is 0 Å². The molecule has 2 amide bonds. The lowest BCUT2D eigenvalue weighted by Gasteiger charge is -2.27. The van der Waals surface area contributed by atoms with Crippen LogP contribution in [0.4, 0.5) is 4.79 Å². The lowest BCUT2D eigenvalue weighted by atomic mass is 10.3. The van der Waals surface area contributed by atoms with Crippen molar-refractivity contribution in [3.05, 3.63) is 36.3 Å². The van der Waals surface area contributed by atoms with Crippen LogP contribution in [0.1, 0.15) is 33.5 Å². The normalized spacial score (nSPS) is 11.8. The Balaban J connectivity index is 0.00000102. The Hall–Kier alpha value is -2.66. The Bertz CT molecular complexity index is 716. The highest BCUT2D eigenvalue weighted by molar-refractivity contribution is 7.84. The summed E-state index contributed by atoms with van der Waals surface area (Å²) in [5.41, 5.74) is 0. The highest BCUT2D eigenvalue weighted by Crippen LogP contribution is 2.06. The number of rotatable bonds is 13. The molecule has 0 aliphatic carbocycles. The van der Waals surface area contributed by atoms with Gasteiger partial charge in [0.05, 0.1) is 12.0 Å². The molecule has 0 aromatic carbocycles. The van der Waals surface area contributed by atoms with Gasteiger partial charge < -0.3 is 29.7 Å². The molecular formula is C21H35N3O7S. The van der Waals surface area contributed by atoms with Crippen LogP contribution in [0.15, 0.2) is 35.0 Å². The smallest absolute Gasteiger partial charge is 0.328 e. The van der Waals surface area contributed by atoms with Crippen molar-refractivity contribution in [1.29, 1.82) is 0 Å². The maximum Gasteiger partial charge on any atom is 0.328 e. The summed E-state index contributed by atoms with van der Waals surface area (Å²) < 4.78 is 17.3.